The second-order valence-electron chi connectivity index (χ2n) is 4.69. The summed E-state index contributed by atoms with van der Waals surface area (Å²) >= 11 is 0. The molecule has 1 heterocycles. The topological polar surface area (TPSA) is 36.0 Å². The van der Waals surface area contributed by atoms with Gasteiger partial charge in [-0.1, -0.05) is 18.2 Å². The zero-order valence-corrected chi connectivity index (χ0v) is 10.3. The third kappa shape index (κ3) is 1.58. The van der Waals surface area contributed by atoms with E-state index >= 15 is 0 Å². The maximum atomic E-state index is 9.95. The molecule has 0 aliphatic carbocycles. The van der Waals surface area contributed by atoms with Crippen molar-refractivity contribution < 1.29 is 5.11 Å². The van der Waals surface area contributed by atoms with E-state index in [2.05, 4.69) is 36.7 Å². The number of rotatable bonds is 2. The number of hydrogen-bond acceptors (Lipinski definition) is 1. The lowest BCUT2D eigenvalue weighted by Crippen LogP contribution is -1.82. The number of fused-ring (bicyclic) bond motifs is 3. The molecule has 0 saturated carbocycles. The lowest BCUT2D eigenvalue weighted by molar-refractivity contribution is 0.470. The van der Waals surface area contributed by atoms with Crippen molar-refractivity contribution in [2.45, 2.75) is 13.3 Å². The quantitative estimate of drug-likeness (QED) is 0.648. The number of phenolic OH excluding ortho intramolecular Hbond substituents is 1. The maximum absolute atomic E-state index is 9.95. The Hall–Kier alpha value is -2.22. The van der Waals surface area contributed by atoms with Crippen molar-refractivity contribution in [3.8, 4) is 5.75 Å². The van der Waals surface area contributed by atoms with Gasteiger partial charge in [0, 0.05) is 22.4 Å². The summed E-state index contributed by atoms with van der Waals surface area (Å²) in [6.45, 7) is 5.79. The van der Waals surface area contributed by atoms with Crippen LogP contribution >= 0.6 is 0 Å². The summed E-state index contributed by atoms with van der Waals surface area (Å²) in [5.74, 6) is 0.325. The Morgan fingerprint density at radius 2 is 1.94 bits per heavy atom. The highest BCUT2D eigenvalue weighted by atomic mass is 16.3. The van der Waals surface area contributed by atoms with Crippen molar-refractivity contribution in [3.63, 3.8) is 0 Å². The zero-order chi connectivity index (χ0) is 12.7. The molecule has 1 aromatic heterocycles. The number of allylic oxidation sites excluding steroid dienone is 1. The average Bonchev–Trinajstić information content (AvgIpc) is 2.66. The minimum absolute atomic E-state index is 0.325. The van der Waals surface area contributed by atoms with Gasteiger partial charge >= 0.3 is 0 Å². The van der Waals surface area contributed by atoms with E-state index in [0.717, 1.165) is 22.0 Å². The molecule has 0 aliphatic rings. The molecule has 0 radical (unpaired) electrons. The van der Waals surface area contributed by atoms with E-state index < -0.39 is 0 Å². The third-order valence-corrected chi connectivity index (χ3v) is 3.32. The fourth-order valence-corrected chi connectivity index (χ4v) is 2.42. The Morgan fingerprint density at radius 3 is 2.72 bits per heavy atom. The molecule has 90 valence electrons. The molecule has 2 N–H and O–H groups in total. The number of hydrogen-bond donors (Lipinski definition) is 2. The van der Waals surface area contributed by atoms with Crippen molar-refractivity contribution in [1.29, 1.82) is 0 Å². The summed E-state index contributed by atoms with van der Waals surface area (Å²) in [5, 5.41) is 12.3. The van der Waals surface area contributed by atoms with Gasteiger partial charge in [0.15, 0.2) is 0 Å². The Kier molecular flexibility index (Phi) is 2.37. The smallest absolute Gasteiger partial charge is 0.121 e. The van der Waals surface area contributed by atoms with Gasteiger partial charge in [0.25, 0.3) is 0 Å². The highest BCUT2D eigenvalue weighted by Crippen LogP contribution is 2.31. The third-order valence-electron chi connectivity index (χ3n) is 3.32. The molecule has 0 unspecified atom stereocenters. The van der Waals surface area contributed by atoms with Crippen LogP contribution in [0.1, 0.15) is 11.1 Å². The van der Waals surface area contributed by atoms with Gasteiger partial charge in [0.1, 0.15) is 5.75 Å². The molecule has 0 aliphatic heterocycles. The van der Waals surface area contributed by atoms with Gasteiger partial charge in [0.2, 0.25) is 0 Å². The van der Waals surface area contributed by atoms with E-state index in [0.29, 0.717) is 12.2 Å². The fraction of sp³-hybridized carbons (Fsp3) is 0.125. The summed E-state index contributed by atoms with van der Waals surface area (Å²) in [4.78, 5) is 3.34. The first kappa shape index (κ1) is 10.9. The van der Waals surface area contributed by atoms with Gasteiger partial charge in [-0.15, -0.1) is 6.58 Å². The number of aromatic nitrogens is 1. The zero-order valence-electron chi connectivity index (χ0n) is 10.3. The minimum Gasteiger partial charge on any atom is -0.508 e. The van der Waals surface area contributed by atoms with Crippen LogP contribution in [0.4, 0.5) is 0 Å². The summed E-state index contributed by atoms with van der Waals surface area (Å²) in [5.41, 5.74) is 4.23. The van der Waals surface area contributed by atoms with E-state index in [-0.39, 0.29) is 0 Å². The van der Waals surface area contributed by atoms with E-state index in [9.17, 15) is 5.11 Å². The highest BCUT2D eigenvalue weighted by Gasteiger charge is 2.08. The molecule has 18 heavy (non-hydrogen) atoms. The van der Waals surface area contributed by atoms with Gasteiger partial charge in [-0.25, -0.2) is 0 Å². The predicted octanol–water partition coefficient (Wildman–Crippen LogP) is 4.06. The van der Waals surface area contributed by atoms with Gasteiger partial charge in [-0.05, 0) is 36.6 Å². The first-order valence-corrected chi connectivity index (χ1v) is 6.04. The van der Waals surface area contributed by atoms with E-state index in [1.54, 1.807) is 12.1 Å². The summed E-state index contributed by atoms with van der Waals surface area (Å²) in [7, 11) is 0. The van der Waals surface area contributed by atoms with Crippen LogP contribution in [-0.2, 0) is 6.42 Å². The molecule has 2 heteroatoms. The van der Waals surface area contributed by atoms with Gasteiger partial charge in [-0.3, -0.25) is 0 Å². The molecule has 0 atom stereocenters. The van der Waals surface area contributed by atoms with Gasteiger partial charge in [0.05, 0.1) is 5.52 Å². The van der Waals surface area contributed by atoms with Crippen LogP contribution in [0.2, 0.25) is 0 Å². The number of benzene rings is 2. The van der Waals surface area contributed by atoms with Crippen LogP contribution < -0.4 is 0 Å². The van der Waals surface area contributed by atoms with E-state index in [4.69, 9.17) is 0 Å². The van der Waals surface area contributed by atoms with Crippen LogP contribution in [0.15, 0.2) is 43.0 Å². The summed E-state index contributed by atoms with van der Waals surface area (Å²) in [6.07, 6.45) is 2.49. The molecular weight excluding hydrogens is 222 g/mol. The molecule has 2 nitrogen and oxygen atoms in total. The Labute approximate surface area is 106 Å². The number of aromatic hydroxyl groups is 1. The number of nitrogens with one attached hydrogen (secondary N) is 1. The first-order chi connectivity index (χ1) is 8.69. The summed E-state index contributed by atoms with van der Waals surface area (Å²) < 4.78 is 0. The van der Waals surface area contributed by atoms with Crippen molar-refractivity contribution >= 4 is 21.8 Å². The van der Waals surface area contributed by atoms with Crippen molar-refractivity contribution in [2.75, 3.05) is 0 Å². The molecule has 0 amide bonds. The van der Waals surface area contributed by atoms with Gasteiger partial charge < -0.3 is 10.1 Å². The Morgan fingerprint density at radius 1 is 1.17 bits per heavy atom. The lowest BCUT2D eigenvalue weighted by atomic mass is 10.1. The number of aromatic amines is 1. The molecule has 0 bridgehead atoms. The van der Waals surface area contributed by atoms with Crippen LogP contribution in [0, 0.1) is 6.92 Å². The molecule has 0 fully saturated rings. The minimum atomic E-state index is 0.325. The summed E-state index contributed by atoms with van der Waals surface area (Å²) in [6, 6.07) is 10.2. The molecular formula is C16H15NO. The number of aryl methyl sites for hydroxylation is 1. The normalized spacial score (nSPS) is 11.2. The van der Waals surface area contributed by atoms with Crippen molar-refractivity contribution in [1.82, 2.24) is 4.98 Å². The van der Waals surface area contributed by atoms with Crippen LogP contribution in [0.5, 0.6) is 5.75 Å². The maximum Gasteiger partial charge on any atom is 0.121 e. The SMILES string of the molecule is C=CCc1cc2c(cc1O)[nH]c1cc(C)ccc12. The molecule has 2 aromatic carbocycles. The molecule has 0 spiro atoms. The second-order valence-corrected chi connectivity index (χ2v) is 4.69. The number of H-pyrrole nitrogens is 1. The predicted molar refractivity (Wildman–Crippen MR) is 76.1 cm³/mol. The lowest BCUT2D eigenvalue weighted by Gasteiger charge is -2.02. The van der Waals surface area contributed by atoms with Crippen molar-refractivity contribution in [3.05, 3.63) is 54.1 Å². The monoisotopic (exact) mass is 237 g/mol. The van der Waals surface area contributed by atoms with Crippen LogP contribution in [0.3, 0.4) is 0 Å². The fourth-order valence-electron chi connectivity index (χ4n) is 2.42. The largest absolute Gasteiger partial charge is 0.508 e. The van der Waals surface area contributed by atoms with E-state index in [1.165, 1.54) is 10.9 Å². The second kappa shape index (κ2) is 3.91. The van der Waals surface area contributed by atoms with Crippen LogP contribution in [-0.4, -0.2) is 10.1 Å². The standard InChI is InChI=1S/C16H15NO/c1-3-4-11-8-13-12-6-5-10(2)7-14(12)17-15(13)9-16(11)18/h3,5-9,17-18H,1,4H2,2H3. The first-order valence-electron chi connectivity index (χ1n) is 6.04. The number of phenols is 1. The Bertz CT molecular complexity index is 752. The van der Waals surface area contributed by atoms with Crippen molar-refractivity contribution in [2.24, 2.45) is 0 Å². The molecule has 3 aromatic rings. The van der Waals surface area contributed by atoms with E-state index in [1.807, 2.05) is 6.07 Å². The average molecular weight is 237 g/mol. The highest BCUT2D eigenvalue weighted by molar-refractivity contribution is 6.08. The Balaban J connectivity index is 2.37. The molecule has 3 rings (SSSR count). The van der Waals surface area contributed by atoms with Gasteiger partial charge in [-0.2, -0.15) is 0 Å². The molecule has 0 saturated heterocycles. The van der Waals surface area contributed by atoms with Crippen LogP contribution in [0.25, 0.3) is 21.8 Å².